The molecule has 120 valence electrons. The summed E-state index contributed by atoms with van der Waals surface area (Å²) in [4.78, 5) is -0.0855. The van der Waals surface area contributed by atoms with Crippen LogP contribution in [0.25, 0.3) is 0 Å². The highest BCUT2D eigenvalue weighted by molar-refractivity contribution is 7.89. The maximum atomic E-state index is 13.0. The molecule has 1 fully saturated rings. The fourth-order valence-electron chi connectivity index (χ4n) is 2.84. The summed E-state index contributed by atoms with van der Waals surface area (Å²) >= 11 is 5.95. The molecule has 1 N–H and O–H groups in total. The topological polar surface area (TPSA) is 81.4 Å². The first kappa shape index (κ1) is 17.2. The number of benzene rings is 1. The minimum atomic E-state index is -3.87. The number of piperidine rings is 1. The van der Waals surface area contributed by atoms with E-state index in [0.29, 0.717) is 19.4 Å². The van der Waals surface area contributed by atoms with Gasteiger partial charge >= 0.3 is 0 Å². The second-order valence-corrected chi connectivity index (χ2v) is 7.65. The zero-order valence-corrected chi connectivity index (χ0v) is 13.9. The Bertz CT molecular complexity index is 685. The second kappa shape index (κ2) is 6.97. The van der Waals surface area contributed by atoms with E-state index in [4.69, 9.17) is 11.6 Å². The van der Waals surface area contributed by atoms with Crippen LogP contribution in [0.5, 0.6) is 0 Å². The quantitative estimate of drug-likeness (QED) is 0.911. The van der Waals surface area contributed by atoms with Gasteiger partial charge in [-0.25, -0.2) is 8.42 Å². The van der Waals surface area contributed by atoms with Gasteiger partial charge in [0.2, 0.25) is 10.0 Å². The lowest BCUT2D eigenvalue weighted by atomic mass is 9.98. The largest absolute Gasteiger partial charge is 0.391 e. The normalized spacial score (nSPS) is 21.3. The Morgan fingerprint density at radius 3 is 2.86 bits per heavy atom. The van der Waals surface area contributed by atoms with Crippen LogP contribution < -0.4 is 0 Å². The summed E-state index contributed by atoms with van der Waals surface area (Å²) in [6.07, 6.45) is 2.02. The van der Waals surface area contributed by atoms with Crippen molar-refractivity contribution in [1.82, 2.24) is 4.31 Å². The van der Waals surface area contributed by atoms with Crippen LogP contribution in [-0.2, 0) is 10.0 Å². The number of hydrogen-bond donors (Lipinski definition) is 1. The van der Waals surface area contributed by atoms with E-state index in [0.717, 1.165) is 12.8 Å². The van der Waals surface area contributed by atoms with E-state index in [-0.39, 0.29) is 15.5 Å². The van der Waals surface area contributed by atoms with Crippen LogP contribution in [0.2, 0.25) is 5.02 Å². The highest BCUT2D eigenvalue weighted by Crippen LogP contribution is 2.31. The van der Waals surface area contributed by atoms with Gasteiger partial charge in [-0.15, -0.1) is 0 Å². The lowest BCUT2D eigenvalue weighted by Gasteiger charge is -2.37. The maximum Gasteiger partial charge on any atom is 0.244 e. The van der Waals surface area contributed by atoms with Gasteiger partial charge in [0.25, 0.3) is 0 Å². The molecule has 1 heterocycles. The lowest BCUT2D eigenvalue weighted by molar-refractivity contribution is 0.0667. The molecule has 5 nitrogen and oxygen atoms in total. The molecule has 0 amide bonds. The number of aliphatic hydroxyl groups excluding tert-OH is 1. The van der Waals surface area contributed by atoms with Gasteiger partial charge in [0, 0.05) is 6.54 Å². The summed E-state index contributed by atoms with van der Waals surface area (Å²) in [6.45, 7) is 2.17. The summed E-state index contributed by atoms with van der Waals surface area (Å²) in [5, 5.41) is 19.5. The minimum Gasteiger partial charge on any atom is -0.391 e. The molecular formula is C15H19ClN2O3S. The standard InChI is InChI=1S/C15H19ClN2O3S/c1-2-14(19)13-7-3-4-9-18(13)22(20,21)15-8-5-6-12(16)11(15)10-17/h5-6,8,13-14,19H,2-4,7,9H2,1H3. The van der Waals surface area contributed by atoms with Gasteiger partial charge in [0.15, 0.2) is 0 Å². The molecule has 2 unspecified atom stereocenters. The Kier molecular flexibility index (Phi) is 5.45. The highest BCUT2D eigenvalue weighted by Gasteiger charge is 2.38. The van der Waals surface area contributed by atoms with E-state index in [1.54, 1.807) is 0 Å². The van der Waals surface area contributed by atoms with E-state index in [1.807, 2.05) is 13.0 Å². The van der Waals surface area contributed by atoms with Gasteiger partial charge < -0.3 is 5.11 Å². The van der Waals surface area contributed by atoms with Crippen molar-refractivity contribution in [3.05, 3.63) is 28.8 Å². The molecule has 0 saturated carbocycles. The molecular weight excluding hydrogens is 324 g/mol. The van der Waals surface area contributed by atoms with Crippen molar-refractivity contribution in [2.24, 2.45) is 0 Å². The van der Waals surface area contributed by atoms with E-state index in [2.05, 4.69) is 0 Å². The third kappa shape index (κ3) is 3.13. The van der Waals surface area contributed by atoms with Crippen LogP contribution in [0.15, 0.2) is 23.1 Å². The van der Waals surface area contributed by atoms with Crippen LogP contribution >= 0.6 is 11.6 Å². The summed E-state index contributed by atoms with van der Waals surface area (Å²) in [5.41, 5.74) is -0.0421. The van der Waals surface area contributed by atoms with Gasteiger partial charge in [0.05, 0.1) is 22.7 Å². The van der Waals surface area contributed by atoms with Crippen LogP contribution in [-0.4, -0.2) is 36.5 Å². The molecule has 0 spiro atoms. The SMILES string of the molecule is CCC(O)C1CCCCN1S(=O)(=O)c1cccc(Cl)c1C#N. The fraction of sp³-hybridized carbons (Fsp3) is 0.533. The van der Waals surface area contributed by atoms with Gasteiger partial charge in [-0.2, -0.15) is 9.57 Å². The van der Waals surface area contributed by atoms with E-state index in [1.165, 1.54) is 22.5 Å². The summed E-state index contributed by atoms with van der Waals surface area (Å²) in [6, 6.07) is 5.82. The van der Waals surface area contributed by atoms with E-state index >= 15 is 0 Å². The molecule has 1 aliphatic heterocycles. The molecule has 2 atom stereocenters. The predicted molar refractivity (Wildman–Crippen MR) is 84.0 cm³/mol. The van der Waals surface area contributed by atoms with Gasteiger partial charge in [-0.3, -0.25) is 0 Å². The molecule has 0 aromatic heterocycles. The third-order valence-corrected chi connectivity index (χ3v) is 6.32. The molecule has 1 aromatic carbocycles. The fourth-order valence-corrected chi connectivity index (χ4v) is 5.00. The minimum absolute atomic E-state index is 0.0421. The molecule has 2 rings (SSSR count). The molecule has 0 bridgehead atoms. The van der Waals surface area contributed by atoms with Crippen molar-refractivity contribution in [1.29, 1.82) is 5.26 Å². The first-order chi connectivity index (χ1) is 10.4. The molecule has 0 radical (unpaired) electrons. The van der Waals surface area contributed by atoms with E-state index < -0.39 is 22.2 Å². The molecule has 22 heavy (non-hydrogen) atoms. The average Bonchev–Trinajstić information content (AvgIpc) is 2.53. The Labute approximate surface area is 136 Å². The monoisotopic (exact) mass is 342 g/mol. The Morgan fingerprint density at radius 2 is 2.23 bits per heavy atom. The number of hydrogen-bond acceptors (Lipinski definition) is 4. The number of sulfonamides is 1. The molecule has 1 saturated heterocycles. The number of aliphatic hydroxyl groups is 1. The Hall–Kier alpha value is -1.13. The van der Waals surface area contributed by atoms with Gasteiger partial charge in [-0.05, 0) is 31.4 Å². The van der Waals surface area contributed by atoms with Gasteiger partial charge in [0.1, 0.15) is 11.0 Å². The smallest absolute Gasteiger partial charge is 0.244 e. The summed E-state index contributed by atoms with van der Waals surface area (Å²) < 4.78 is 27.2. The zero-order chi connectivity index (χ0) is 16.3. The number of nitriles is 1. The maximum absolute atomic E-state index is 13.0. The van der Waals surface area contributed by atoms with Crippen LogP contribution in [0.4, 0.5) is 0 Å². The second-order valence-electron chi connectivity index (χ2n) is 5.38. The first-order valence-electron chi connectivity index (χ1n) is 7.32. The Balaban J connectivity index is 2.49. The summed E-state index contributed by atoms with van der Waals surface area (Å²) in [7, 11) is -3.87. The Morgan fingerprint density at radius 1 is 1.50 bits per heavy atom. The molecule has 7 heteroatoms. The molecule has 0 aliphatic carbocycles. The zero-order valence-electron chi connectivity index (χ0n) is 12.4. The van der Waals surface area contributed by atoms with Crippen molar-refractivity contribution in [3.8, 4) is 6.07 Å². The lowest BCUT2D eigenvalue weighted by Crippen LogP contribution is -2.49. The molecule has 1 aromatic rings. The third-order valence-electron chi connectivity index (χ3n) is 4.03. The van der Waals surface area contributed by atoms with Crippen molar-refractivity contribution in [2.75, 3.05) is 6.54 Å². The van der Waals surface area contributed by atoms with Crippen LogP contribution in [0, 0.1) is 11.3 Å². The summed E-state index contributed by atoms with van der Waals surface area (Å²) in [5.74, 6) is 0. The number of rotatable bonds is 4. The van der Waals surface area contributed by atoms with Gasteiger partial charge in [-0.1, -0.05) is 31.0 Å². The van der Waals surface area contributed by atoms with Crippen LogP contribution in [0.1, 0.15) is 38.2 Å². The predicted octanol–water partition coefficient (Wildman–Crippen LogP) is 2.53. The van der Waals surface area contributed by atoms with Crippen molar-refractivity contribution >= 4 is 21.6 Å². The highest BCUT2D eigenvalue weighted by atomic mass is 35.5. The number of nitrogens with zero attached hydrogens (tertiary/aromatic N) is 2. The first-order valence-corrected chi connectivity index (χ1v) is 9.13. The van der Waals surface area contributed by atoms with Crippen molar-refractivity contribution in [3.63, 3.8) is 0 Å². The van der Waals surface area contributed by atoms with E-state index in [9.17, 15) is 18.8 Å². The number of halogens is 1. The average molecular weight is 343 g/mol. The molecule has 1 aliphatic rings. The van der Waals surface area contributed by atoms with Crippen LogP contribution in [0.3, 0.4) is 0 Å². The van der Waals surface area contributed by atoms with Crippen molar-refractivity contribution in [2.45, 2.75) is 49.6 Å². The van der Waals surface area contributed by atoms with Crippen molar-refractivity contribution < 1.29 is 13.5 Å².